The zero-order chi connectivity index (χ0) is 16.8. The molecule has 0 aliphatic carbocycles. The highest BCUT2D eigenvalue weighted by Crippen LogP contribution is 2.23. The Morgan fingerprint density at radius 1 is 1.26 bits per heavy atom. The van der Waals surface area contributed by atoms with Crippen LogP contribution in [0.15, 0.2) is 40.2 Å². The molecule has 1 aromatic heterocycles. The zero-order valence-electron chi connectivity index (χ0n) is 12.6. The number of carbonyl (C=O) groups is 2. The fraction of sp³-hybridized carbons (Fsp3) is 0.250. The standard InChI is InChI=1S/C16H18BrN3O2S/c1-2-13(10-3-5-11(17)6-4-10)19-9-14(21)20-16-12(15(18)22)7-8-23-16/h3-8,13,19H,2,9H2,1H3,(H2,18,22)(H,20,21)/t13-/m1/s1. The molecule has 0 spiro atoms. The Morgan fingerprint density at radius 3 is 2.57 bits per heavy atom. The normalized spacial score (nSPS) is 11.9. The van der Waals surface area contributed by atoms with Gasteiger partial charge < -0.3 is 16.4 Å². The lowest BCUT2D eigenvalue weighted by Crippen LogP contribution is -2.31. The van der Waals surface area contributed by atoms with Crippen LogP contribution in [-0.2, 0) is 4.79 Å². The second-order valence-electron chi connectivity index (χ2n) is 4.97. The number of halogens is 1. The molecule has 0 radical (unpaired) electrons. The SMILES string of the molecule is CC[C@@H](NCC(=O)Nc1sccc1C(N)=O)c1ccc(Br)cc1. The lowest BCUT2D eigenvalue weighted by molar-refractivity contribution is -0.115. The molecule has 0 saturated carbocycles. The van der Waals surface area contributed by atoms with Crippen LogP contribution in [0.5, 0.6) is 0 Å². The van der Waals surface area contributed by atoms with Gasteiger partial charge in [-0.15, -0.1) is 11.3 Å². The molecule has 0 aliphatic heterocycles. The topological polar surface area (TPSA) is 84.2 Å². The summed E-state index contributed by atoms with van der Waals surface area (Å²) >= 11 is 4.69. The minimum atomic E-state index is -0.546. The van der Waals surface area contributed by atoms with Crippen molar-refractivity contribution in [3.05, 3.63) is 51.3 Å². The molecule has 0 fully saturated rings. The number of hydrogen-bond donors (Lipinski definition) is 3. The van der Waals surface area contributed by atoms with Crippen molar-refractivity contribution in [2.75, 3.05) is 11.9 Å². The number of nitrogens with two attached hydrogens (primary N) is 1. The summed E-state index contributed by atoms with van der Waals surface area (Å²) in [4.78, 5) is 23.3. The number of benzene rings is 1. The third kappa shape index (κ3) is 4.89. The summed E-state index contributed by atoms with van der Waals surface area (Å²) in [6.07, 6.45) is 0.862. The van der Waals surface area contributed by atoms with Gasteiger partial charge in [0, 0.05) is 10.5 Å². The third-order valence-electron chi connectivity index (χ3n) is 3.37. The van der Waals surface area contributed by atoms with E-state index < -0.39 is 5.91 Å². The highest BCUT2D eigenvalue weighted by Gasteiger charge is 2.14. The van der Waals surface area contributed by atoms with Crippen LogP contribution in [0, 0.1) is 0 Å². The van der Waals surface area contributed by atoms with Gasteiger partial charge in [0.25, 0.3) is 5.91 Å². The maximum atomic E-state index is 12.1. The van der Waals surface area contributed by atoms with Gasteiger partial charge in [0.05, 0.1) is 12.1 Å². The average Bonchev–Trinajstić information content (AvgIpc) is 2.98. The van der Waals surface area contributed by atoms with E-state index >= 15 is 0 Å². The molecule has 5 nitrogen and oxygen atoms in total. The van der Waals surface area contributed by atoms with Crippen molar-refractivity contribution in [1.29, 1.82) is 0 Å². The van der Waals surface area contributed by atoms with E-state index in [0.717, 1.165) is 16.5 Å². The first-order chi connectivity index (χ1) is 11.0. The maximum absolute atomic E-state index is 12.1. The van der Waals surface area contributed by atoms with Gasteiger partial charge in [-0.05, 0) is 35.6 Å². The predicted octanol–water partition coefficient (Wildman–Crippen LogP) is 3.29. The van der Waals surface area contributed by atoms with E-state index in [9.17, 15) is 9.59 Å². The Balaban J connectivity index is 1.93. The van der Waals surface area contributed by atoms with Crippen molar-refractivity contribution in [3.63, 3.8) is 0 Å². The third-order valence-corrected chi connectivity index (χ3v) is 4.73. The van der Waals surface area contributed by atoms with Gasteiger partial charge in [-0.3, -0.25) is 9.59 Å². The van der Waals surface area contributed by atoms with E-state index in [2.05, 4.69) is 33.5 Å². The number of anilines is 1. The molecular weight excluding hydrogens is 378 g/mol. The van der Waals surface area contributed by atoms with Gasteiger partial charge in [-0.1, -0.05) is 35.0 Å². The molecule has 0 bridgehead atoms. The number of rotatable bonds is 7. The molecule has 2 rings (SSSR count). The molecule has 1 aromatic carbocycles. The summed E-state index contributed by atoms with van der Waals surface area (Å²) in [5, 5.41) is 8.16. The van der Waals surface area contributed by atoms with Crippen molar-refractivity contribution in [2.24, 2.45) is 5.73 Å². The van der Waals surface area contributed by atoms with Crippen LogP contribution in [-0.4, -0.2) is 18.4 Å². The molecule has 23 heavy (non-hydrogen) atoms. The number of nitrogens with one attached hydrogen (secondary N) is 2. The number of thiophene rings is 1. The van der Waals surface area contributed by atoms with Crippen LogP contribution in [0.25, 0.3) is 0 Å². The van der Waals surface area contributed by atoms with Gasteiger partial charge in [-0.25, -0.2) is 0 Å². The monoisotopic (exact) mass is 395 g/mol. The molecule has 1 atom stereocenters. The van der Waals surface area contributed by atoms with Crippen LogP contribution < -0.4 is 16.4 Å². The van der Waals surface area contributed by atoms with Crippen LogP contribution >= 0.6 is 27.3 Å². The van der Waals surface area contributed by atoms with Gasteiger partial charge in [-0.2, -0.15) is 0 Å². The Hall–Kier alpha value is -1.70. The number of hydrogen-bond acceptors (Lipinski definition) is 4. The lowest BCUT2D eigenvalue weighted by atomic mass is 10.0. The van der Waals surface area contributed by atoms with E-state index in [4.69, 9.17) is 5.73 Å². The van der Waals surface area contributed by atoms with Crippen molar-refractivity contribution >= 4 is 44.1 Å². The van der Waals surface area contributed by atoms with Gasteiger partial charge in [0.15, 0.2) is 0 Å². The van der Waals surface area contributed by atoms with Gasteiger partial charge in [0.2, 0.25) is 5.91 Å². The van der Waals surface area contributed by atoms with E-state index in [1.807, 2.05) is 24.3 Å². The predicted molar refractivity (Wildman–Crippen MR) is 96.6 cm³/mol. The van der Waals surface area contributed by atoms with Crippen molar-refractivity contribution in [2.45, 2.75) is 19.4 Å². The summed E-state index contributed by atoms with van der Waals surface area (Å²) in [5.74, 6) is -0.749. The minimum Gasteiger partial charge on any atom is -0.366 e. The van der Waals surface area contributed by atoms with Crippen molar-refractivity contribution < 1.29 is 9.59 Å². The lowest BCUT2D eigenvalue weighted by Gasteiger charge is -2.17. The number of carbonyl (C=O) groups excluding carboxylic acids is 2. The van der Waals surface area contributed by atoms with Crippen LogP contribution in [0.1, 0.15) is 35.3 Å². The second-order valence-corrected chi connectivity index (χ2v) is 6.80. The smallest absolute Gasteiger partial charge is 0.251 e. The Kier molecular flexibility index (Phi) is 6.32. The highest BCUT2D eigenvalue weighted by atomic mass is 79.9. The maximum Gasteiger partial charge on any atom is 0.251 e. The van der Waals surface area contributed by atoms with Crippen molar-refractivity contribution in [1.82, 2.24) is 5.32 Å². The summed E-state index contributed by atoms with van der Waals surface area (Å²) in [5.41, 5.74) is 6.72. The fourth-order valence-electron chi connectivity index (χ4n) is 2.18. The van der Waals surface area contributed by atoms with E-state index in [0.29, 0.717) is 10.6 Å². The molecule has 0 saturated heterocycles. The fourth-order valence-corrected chi connectivity index (χ4v) is 3.25. The van der Waals surface area contributed by atoms with Crippen LogP contribution in [0.3, 0.4) is 0 Å². The molecule has 2 aromatic rings. The molecule has 4 N–H and O–H groups in total. The van der Waals surface area contributed by atoms with Crippen molar-refractivity contribution in [3.8, 4) is 0 Å². The summed E-state index contributed by atoms with van der Waals surface area (Å²) in [7, 11) is 0. The number of primary amides is 1. The zero-order valence-corrected chi connectivity index (χ0v) is 15.0. The van der Waals surface area contributed by atoms with Crippen LogP contribution in [0.4, 0.5) is 5.00 Å². The Bertz CT molecular complexity index is 685. The van der Waals surface area contributed by atoms with E-state index in [1.54, 1.807) is 11.4 Å². The van der Waals surface area contributed by atoms with Gasteiger partial charge in [0.1, 0.15) is 5.00 Å². The summed E-state index contributed by atoms with van der Waals surface area (Å²) in [6.45, 7) is 2.22. The summed E-state index contributed by atoms with van der Waals surface area (Å²) < 4.78 is 1.02. The molecular formula is C16H18BrN3O2S. The first-order valence-corrected chi connectivity index (χ1v) is 8.84. The van der Waals surface area contributed by atoms with E-state index in [-0.39, 0.29) is 18.5 Å². The molecule has 0 aliphatic rings. The van der Waals surface area contributed by atoms with Crippen LogP contribution in [0.2, 0.25) is 0 Å². The van der Waals surface area contributed by atoms with Gasteiger partial charge >= 0.3 is 0 Å². The first-order valence-electron chi connectivity index (χ1n) is 7.17. The molecule has 0 unspecified atom stereocenters. The molecule has 122 valence electrons. The first kappa shape index (κ1) is 17.7. The molecule has 7 heteroatoms. The minimum absolute atomic E-state index is 0.0906. The average molecular weight is 396 g/mol. The Labute approximate surface area is 147 Å². The molecule has 2 amide bonds. The second kappa shape index (κ2) is 8.24. The quantitative estimate of drug-likeness (QED) is 0.672. The van der Waals surface area contributed by atoms with E-state index in [1.165, 1.54) is 11.3 Å². The highest BCUT2D eigenvalue weighted by molar-refractivity contribution is 9.10. The molecule has 1 heterocycles. The largest absolute Gasteiger partial charge is 0.366 e. The summed E-state index contributed by atoms with van der Waals surface area (Å²) in [6, 6.07) is 9.69. The number of amides is 2. The Morgan fingerprint density at radius 2 is 1.96 bits per heavy atom.